The first-order chi connectivity index (χ1) is 9.77. The van der Waals surface area contributed by atoms with Gasteiger partial charge in [0.2, 0.25) is 0 Å². The smallest absolute Gasteiger partial charge is 1.00 e. The quantitative estimate of drug-likeness (QED) is 0.368. The third-order valence-electron chi connectivity index (χ3n) is 3.83. The van der Waals surface area contributed by atoms with Crippen molar-refractivity contribution in [3.8, 4) is 0 Å². The van der Waals surface area contributed by atoms with Crippen LogP contribution in [0.3, 0.4) is 0 Å². The van der Waals surface area contributed by atoms with Crippen molar-refractivity contribution in [3.05, 3.63) is 41.9 Å². The van der Waals surface area contributed by atoms with Crippen molar-refractivity contribution in [1.29, 1.82) is 0 Å². The molecule has 1 fully saturated rings. The van der Waals surface area contributed by atoms with E-state index in [0.717, 1.165) is 45.8 Å². The van der Waals surface area contributed by atoms with Crippen LogP contribution in [0.25, 0.3) is 0 Å². The van der Waals surface area contributed by atoms with Gasteiger partial charge in [-0.1, -0.05) is 12.1 Å². The molecule has 1 aliphatic rings. The van der Waals surface area contributed by atoms with E-state index in [1.807, 2.05) is 0 Å². The van der Waals surface area contributed by atoms with Gasteiger partial charge in [-0.2, -0.15) is 17.7 Å². The summed E-state index contributed by atoms with van der Waals surface area (Å²) in [6.45, 7) is 7.28. The summed E-state index contributed by atoms with van der Waals surface area (Å²) in [5.74, 6) is 0. The van der Waals surface area contributed by atoms with E-state index in [4.69, 9.17) is 0 Å². The Morgan fingerprint density at radius 3 is 2.22 bits per heavy atom. The Balaban J connectivity index is 0. The Morgan fingerprint density at radius 2 is 1.52 bits per heavy atom. The monoisotopic (exact) mass is 393 g/mol. The maximum Gasteiger partial charge on any atom is 3.00 e. The molecule has 7 heteroatoms. The van der Waals surface area contributed by atoms with Crippen LogP contribution >= 0.6 is 0 Å². The zero-order valence-corrected chi connectivity index (χ0v) is 17.1. The van der Waals surface area contributed by atoms with Crippen molar-refractivity contribution >= 4 is 0 Å². The summed E-state index contributed by atoms with van der Waals surface area (Å²) in [4.78, 5) is 4.77. The summed E-state index contributed by atoms with van der Waals surface area (Å²) in [6, 6.07) is 12.1. The van der Waals surface area contributed by atoms with Gasteiger partial charge in [0, 0.05) is 39.3 Å². The molecule has 1 heterocycles. The SMILES string of the molecule is CN1CCNCCNC[C-](c2ccccc2)N(C)CC1.[Cl-].[Cl-].[Ti+3]. The summed E-state index contributed by atoms with van der Waals surface area (Å²) >= 11 is 0. The second-order valence-corrected chi connectivity index (χ2v) is 5.46. The fourth-order valence-electron chi connectivity index (χ4n) is 2.43. The number of hydrogen-bond donors (Lipinski definition) is 2. The van der Waals surface area contributed by atoms with Gasteiger partial charge in [0.1, 0.15) is 0 Å². The molecule has 1 radical (unpaired) electrons. The molecule has 129 valence electrons. The van der Waals surface area contributed by atoms with Crippen LogP contribution in [0.2, 0.25) is 0 Å². The van der Waals surface area contributed by atoms with Crippen LogP contribution in [0.1, 0.15) is 5.56 Å². The van der Waals surface area contributed by atoms with E-state index >= 15 is 0 Å². The summed E-state index contributed by atoms with van der Waals surface area (Å²) in [7, 11) is 4.39. The number of nitrogens with one attached hydrogen (secondary N) is 2. The first kappa shape index (κ1) is 25.5. The van der Waals surface area contributed by atoms with Gasteiger partial charge in [-0.15, -0.1) is 12.1 Å². The van der Waals surface area contributed by atoms with E-state index in [2.05, 4.69) is 64.9 Å². The number of nitrogens with zero attached hydrogens (tertiary/aromatic N) is 2. The fourth-order valence-corrected chi connectivity index (χ4v) is 2.43. The van der Waals surface area contributed by atoms with Crippen LogP contribution in [-0.4, -0.2) is 69.7 Å². The second kappa shape index (κ2) is 14.6. The minimum Gasteiger partial charge on any atom is -1.00 e. The summed E-state index contributed by atoms with van der Waals surface area (Å²) in [5.41, 5.74) is 1.31. The third-order valence-corrected chi connectivity index (χ3v) is 3.83. The van der Waals surface area contributed by atoms with Crippen molar-refractivity contribution in [3.63, 3.8) is 0 Å². The van der Waals surface area contributed by atoms with Crippen LogP contribution < -0.4 is 35.4 Å². The Labute approximate surface area is 168 Å². The van der Waals surface area contributed by atoms with Gasteiger partial charge < -0.3 is 45.2 Å². The topological polar surface area (TPSA) is 30.5 Å². The molecule has 0 spiro atoms. The molecule has 0 aliphatic carbocycles. The number of halogens is 2. The Bertz CT molecular complexity index is 384. The van der Waals surface area contributed by atoms with Crippen LogP contribution in [0.15, 0.2) is 30.3 Å². The molecule has 1 aliphatic heterocycles. The molecule has 0 unspecified atom stereocenters. The number of likely N-dealkylation sites (N-methyl/N-ethyl adjacent to an activating group) is 2. The van der Waals surface area contributed by atoms with E-state index in [0.29, 0.717) is 0 Å². The first-order valence-electron chi connectivity index (χ1n) is 7.50. The third kappa shape index (κ3) is 9.32. The molecule has 0 amide bonds. The Hall–Kier alpha value is 0.224. The van der Waals surface area contributed by atoms with E-state index in [1.165, 1.54) is 11.6 Å². The van der Waals surface area contributed by atoms with E-state index in [-0.39, 0.29) is 46.5 Å². The van der Waals surface area contributed by atoms with Crippen molar-refractivity contribution in [2.75, 3.05) is 59.9 Å². The number of rotatable bonds is 1. The van der Waals surface area contributed by atoms with Crippen LogP contribution in [-0.2, 0) is 21.7 Å². The van der Waals surface area contributed by atoms with Gasteiger partial charge in [-0.3, -0.25) is 0 Å². The second-order valence-electron chi connectivity index (χ2n) is 5.46. The van der Waals surface area contributed by atoms with Crippen LogP contribution in [0.5, 0.6) is 0 Å². The number of hydrogen-bond acceptors (Lipinski definition) is 4. The predicted molar refractivity (Wildman–Crippen MR) is 84.7 cm³/mol. The molecule has 0 saturated carbocycles. The normalized spacial score (nSPS) is 18.4. The van der Waals surface area contributed by atoms with Crippen molar-refractivity contribution in [2.24, 2.45) is 0 Å². The zero-order valence-electron chi connectivity index (χ0n) is 14.0. The zero-order chi connectivity index (χ0) is 14.2. The van der Waals surface area contributed by atoms with E-state index in [9.17, 15) is 0 Å². The molecule has 0 atom stereocenters. The van der Waals surface area contributed by atoms with E-state index in [1.54, 1.807) is 0 Å². The van der Waals surface area contributed by atoms with Gasteiger partial charge in [0.25, 0.3) is 0 Å². The molecule has 2 N–H and O–H groups in total. The minimum absolute atomic E-state index is 0. The Morgan fingerprint density at radius 1 is 0.870 bits per heavy atom. The molecule has 1 aromatic rings. The average molecular weight is 394 g/mol. The molecular formula is C16H27Cl2N4Ti. The molecule has 1 saturated heterocycles. The fraction of sp³-hybridized carbons (Fsp3) is 0.562. The summed E-state index contributed by atoms with van der Waals surface area (Å²) in [5, 5.41) is 7.01. The minimum atomic E-state index is 0. The van der Waals surface area contributed by atoms with E-state index < -0.39 is 0 Å². The summed E-state index contributed by atoms with van der Waals surface area (Å²) < 4.78 is 0. The van der Waals surface area contributed by atoms with Crippen LogP contribution in [0, 0.1) is 6.04 Å². The average Bonchev–Trinajstić information content (AvgIpc) is 2.47. The number of benzene rings is 1. The molecule has 23 heavy (non-hydrogen) atoms. The van der Waals surface area contributed by atoms with Gasteiger partial charge in [0.15, 0.2) is 0 Å². The van der Waals surface area contributed by atoms with Gasteiger partial charge in [0.05, 0.1) is 0 Å². The van der Waals surface area contributed by atoms with Gasteiger partial charge in [-0.25, -0.2) is 0 Å². The first-order valence-corrected chi connectivity index (χ1v) is 7.50. The largest absolute Gasteiger partial charge is 3.00 e. The molecule has 0 aromatic heterocycles. The summed E-state index contributed by atoms with van der Waals surface area (Å²) in [6.07, 6.45) is 0. The standard InChI is InChI=1S/C16H27N4.2ClH.Ti/c1-19-11-10-17-8-9-18-14-16(20(2)13-12-19)15-6-4-3-5-7-15;;;/h3-7,17-18H,8-14H2,1-2H3;2*1H;/q-1;;;+3/p-2. The predicted octanol–water partition coefficient (Wildman–Crippen LogP) is -5.37. The molecular weight excluding hydrogens is 367 g/mol. The molecule has 1 aromatic carbocycles. The van der Waals surface area contributed by atoms with Crippen LogP contribution in [0.4, 0.5) is 0 Å². The molecule has 4 nitrogen and oxygen atoms in total. The Kier molecular flexibility index (Phi) is 16.1. The van der Waals surface area contributed by atoms with Crippen molar-refractivity contribution in [1.82, 2.24) is 20.4 Å². The maximum absolute atomic E-state index is 3.54. The van der Waals surface area contributed by atoms with Crippen molar-refractivity contribution < 1.29 is 46.5 Å². The molecule has 2 rings (SSSR count). The maximum atomic E-state index is 3.54. The van der Waals surface area contributed by atoms with Gasteiger partial charge >= 0.3 is 21.7 Å². The molecule has 0 bridgehead atoms. The van der Waals surface area contributed by atoms with Gasteiger partial charge in [-0.05, 0) is 20.6 Å². The van der Waals surface area contributed by atoms with Crippen molar-refractivity contribution in [2.45, 2.75) is 0 Å².